The lowest BCUT2D eigenvalue weighted by Gasteiger charge is -2.52. The fourth-order valence-electron chi connectivity index (χ4n) is 4.11. The van der Waals surface area contributed by atoms with Gasteiger partial charge in [-0.2, -0.15) is 0 Å². The Hall–Kier alpha value is -0.900. The number of Topliss-reactive ketones (excluding diaryl/α,β-unsaturated/α-hetero) is 1. The van der Waals surface area contributed by atoms with Gasteiger partial charge in [-0.25, -0.2) is 0 Å². The van der Waals surface area contributed by atoms with Crippen molar-refractivity contribution in [2.75, 3.05) is 6.79 Å². The first-order chi connectivity index (χ1) is 8.69. The molecule has 0 saturated heterocycles. The lowest BCUT2D eigenvalue weighted by Crippen LogP contribution is -2.55. The zero-order chi connectivity index (χ0) is 12.7. The highest BCUT2D eigenvalue weighted by Crippen LogP contribution is 2.52. The molecule has 100 valence electrons. The fraction of sp³-hybridized carbons (Fsp3) is 0.857. The van der Waals surface area contributed by atoms with Crippen molar-refractivity contribution in [2.45, 2.75) is 45.1 Å². The molecule has 0 spiro atoms. The van der Waals surface area contributed by atoms with Crippen LogP contribution in [-0.4, -0.2) is 24.6 Å². The van der Waals surface area contributed by atoms with Gasteiger partial charge < -0.3 is 9.47 Å². The average molecular weight is 252 g/mol. The van der Waals surface area contributed by atoms with Crippen LogP contribution in [0.1, 0.15) is 39.0 Å². The predicted molar refractivity (Wildman–Crippen MR) is 63.6 cm³/mol. The molecule has 5 unspecified atom stereocenters. The van der Waals surface area contributed by atoms with Gasteiger partial charge in [0, 0.05) is 18.3 Å². The minimum atomic E-state index is -0.245. The van der Waals surface area contributed by atoms with E-state index in [2.05, 4.69) is 0 Å². The second-order valence-corrected chi connectivity index (χ2v) is 5.89. The van der Waals surface area contributed by atoms with Crippen LogP contribution >= 0.6 is 0 Å². The van der Waals surface area contributed by atoms with E-state index in [4.69, 9.17) is 9.47 Å². The van der Waals surface area contributed by atoms with Crippen LogP contribution in [0.15, 0.2) is 0 Å². The fourth-order valence-corrected chi connectivity index (χ4v) is 4.11. The Labute approximate surface area is 107 Å². The van der Waals surface area contributed by atoms with Crippen molar-refractivity contribution in [2.24, 2.45) is 23.7 Å². The molecule has 0 heterocycles. The zero-order valence-corrected chi connectivity index (χ0v) is 10.8. The summed E-state index contributed by atoms with van der Waals surface area (Å²) in [5.74, 6) is 1.76. The molecule has 0 aromatic heterocycles. The minimum Gasteiger partial charge on any atom is -0.438 e. The van der Waals surface area contributed by atoms with Crippen LogP contribution in [-0.2, 0) is 19.1 Å². The summed E-state index contributed by atoms with van der Waals surface area (Å²) in [6.45, 7) is 1.77. The van der Waals surface area contributed by atoms with Crippen molar-refractivity contribution in [1.82, 2.24) is 0 Å². The maximum atomic E-state index is 12.1. The molecule has 18 heavy (non-hydrogen) atoms. The molecule has 4 bridgehead atoms. The van der Waals surface area contributed by atoms with E-state index in [1.165, 1.54) is 6.42 Å². The van der Waals surface area contributed by atoms with Crippen molar-refractivity contribution in [1.29, 1.82) is 0 Å². The lowest BCUT2D eigenvalue weighted by atomic mass is 9.54. The standard InChI is InChI=1S/C14H20O4/c1-2-12(15)17-7-18-14-10-4-8-3-9(6-10)13(16)11(14)5-8/h8-11,14H,2-7H2,1H3. The van der Waals surface area contributed by atoms with Crippen LogP contribution in [0.2, 0.25) is 0 Å². The minimum absolute atomic E-state index is 0.00467. The molecule has 4 aliphatic rings. The summed E-state index contributed by atoms with van der Waals surface area (Å²) in [5.41, 5.74) is 0. The number of rotatable bonds is 4. The molecule has 4 aliphatic carbocycles. The summed E-state index contributed by atoms with van der Waals surface area (Å²) in [6.07, 6.45) is 4.62. The van der Waals surface area contributed by atoms with Crippen LogP contribution < -0.4 is 0 Å². The molecule has 4 rings (SSSR count). The third-order valence-corrected chi connectivity index (χ3v) is 4.83. The molecule has 0 N–H and O–H groups in total. The topological polar surface area (TPSA) is 52.6 Å². The number of ether oxygens (including phenoxy) is 2. The molecule has 0 radical (unpaired) electrons. The SMILES string of the molecule is CCC(=O)OCOC1C2CC3CC(C2)C(=O)C1C3. The second-order valence-electron chi connectivity index (χ2n) is 5.89. The highest BCUT2D eigenvalue weighted by atomic mass is 16.7. The summed E-state index contributed by atoms with van der Waals surface area (Å²) in [4.78, 5) is 23.2. The molecule has 4 nitrogen and oxygen atoms in total. The van der Waals surface area contributed by atoms with E-state index in [9.17, 15) is 9.59 Å². The number of esters is 1. The summed E-state index contributed by atoms with van der Waals surface area (Å²) in [6, 6.07) is 0. The molecule has 5 atom stereocenters. The average Bonchev–Trinajstić information content (AvgIpc) is 2.37. The van der Waals surface area contributed by atoms with Gasteiger partial charge in [0.15, 0.2) is 6.79 Å². The van der Waals surface area contributed by atoms with Crippen LogP contribution in [0.25, 0.3) is 0 Å². The van der Waals surface area contributed by atoms with Gasteiger partial charge >= 0.3 is 5.97 Å². The van der Waals surface area contributed by atoms with Gasteiger partial charge in [0.25, 0.3) is 0 Å². The van der Waals surface area contributed by atoms with Crippen molar-refractivity contribution in [3.05, 3.63) is 0 Å². The largest absolute Gasteiger partial charge is 0.438 e. The molecule has 4 saturated carbocycles. The first-order valence-corrected chi connectivity index (χ1v) is 7.00. The Kier molecular flexibility index (Phi) is 3.14. The van der Waals surface area contributed by atoms with Crippen molar-refractivity contribution < 1.29 is 19.1 Å². The van der Waals surface area contributed by atoms with Crippen LogP contribution in [0, 0.1) is 23.7 Å². The normalized spacial score (nSPS) is 41.2. The Morgan fingerprint density at radius 3 is 2.89 bits per heavy atom. The maximum Gasteiger partial charge on any atom is 0.307 e. The second kappa shape index (κ2) is 4.65. The monoisotopic (exact) mass is 252 g/mol. The molecule has 0 aliphatic heterocycles. The number of ketones is 1. The van der Waals surface area contributed by atoms with E-state index in [-0.39, 0.29) is 24.8 Å². The Morgan fingerprint density at radius 2 is 2.11 bits per heavy atom. The quantitative estimate of drug-likeness (QED) is 0.566. The van der Waals surface area contributed by atoms with Crippen LogP contribution in [0.4, 0.5) is 0 Å². The smallest absolute Gasteiger partial charge is 0.307 e. The van der Waals surface area contributed by atoms with Crippen molar-refractivity contribution in [3.8, 4) is 0 Å². The van der Waals surface area contributed by atoms with Gasteiger partial charge in [-0.3, -0.25) is 9.59 Å². The third kappa shape index (κ3) is 1.96. The highest BCUT2D eigenvalue weighted by molar-refractivity contribution is 5.86. The third-order valence-electron chi connectivity index (χ3n) is 4.83. The Balaban J connectivity index is 1.59. The van der Waals surface area contributed by atoms with Gasteiger partial charge in [0.05, 0.1) is 6.10 Å². The first kappa shape index (κ1) is 12.2. The van der Waals surface area contributed by atoms with Gasteiger partial charge in [-0.1, -0.05) is 6.92 Å². The van der Waals surface area contributed by atoms with E-state index < -0.39 is 0 Å². The van der Waals surface area contributed by atoms with Crippen LogP contribution in [0.5, 0.6) is 0 Å². The van der Waals surface area contributed by atoms with Gasteiger partial charge in [0.2, 0.25) is 0 Å². The highest BCUT2D eigenvalue weighted by Gasteiger charge is 2.53. The predicted octanol–water partition coefficient (Wildman–Crippen LogP) is 1.92. The van der Waals surface area contributed by atoms with E-state index in [1.807, 2.05) is 0 Å². The summed E-state index contributed by atoms with van der Waals surface area (Å²) < 4.78 is 10.7. The first-order valence-electron chi connectivity index (χ1n) is 7.00. The van der Waals surface area contributed by atoms with E-state index >= 15 is 0 Å². The Bertz CT molecular complexity index is 365. The summed E-state index contributed by atoms with van der Waals surface area (Å²) in [7, 11) is 0. The van der Waals surface area contributed by atoms with Crippen molar-refractivity contribution in [3.63, 3.8) is 0 Å². The molecule has 0 aromatic rings. The van der Waals surface area contributed by atoms with Gasteiger partial charge in [-0.05, 0) is 37.5 Å². The summed E-state index contributed by atoms with van der Waals surface area (Å²) in [5, 5.41) is 0. The molecule has 4 fully saturated rings. The van der Waals surface area contributed by atoms with E-state index in [1.54, 1.807) is 6.92 Å². The number of carbonyl (C=O) groups excluding carboxylic acids is 2. The number of hydrogen-bond acceptors (Lipinski definition) is 4. The maximum absolute atomic E-state index is 12.1. The molecule has 0 aromatic carbocycles. The number of hydrogen-bond donors (Lipinski definition) is 0. The summed E-state index contributed by atoms with van der Waals surface area (Å²) >= 11 is 0. The van der Waals surface area contributed by atoms with Gasteiger partial charge in [-0.15, -0.1) is 0 Å². The molecule has 0 amide bonds. The molecule has 4 heteroatoms. The molecular weight excluding hydrogens is 232 g/mol. The Morgan fingerprint density at radius 1 is 1.28 bits per heavy atom. The number of carbonyl (C=O) groups is 2. The van der Waals surface area contributed by atoms with E-state index in [0.717, 1.165) is 25.2 Å². The zero-order valence-electron chi connectivity index (χ0n) is 10.8. The van der Waals surface area contributed by atoms with E-state index in [0.29, 0.717) is 24.0 Å². The molecular formula is C14H20O4. The van der Waals surface area contributed by atoms with Crippen molar-refractivity contribution >= 4 is 11.8 Å². The van der Waals surface area contributed by atoms with Crippen LogP contribution in [0.3, 0.4) is 0 Å². The van der Waals surface area contributed by atoms with Gasteiger partial charge in [0.1, 0.15) is 5.78 Å². The lowest BCUT2D eigenvalue weighted by molar-refractivity contribution is -0.188.